The summed E-state index contributed by atoms with van der Waals surface area (Å²) < 4.78 is 0. The van der Waals surface area contributed by atoms with Crippen LogP contribution in [0.25, 0.3) is 0 Å². The van der Waals surface area contributed by atoms with Crippen LogP contribution < -0.4 is 5.32 Å². The topological polar surface area (TPSA) is 35.5 Å². The van der Waals surface area contributed by atoms with Crippen LogP contribution in [0.15, 0.2) is 18.2 Å². The SMILES string of the molecule is CCN(CC)CC1CNc2cc(O)ccc2C1. The summed E-state index contributed by atoms with van der Waals surface area (Å²) in [4.78, 5) is 2.47. The predicted octanol–water partition coefficient (Wildman–Crippen LogP) is 2.32. The Balaban J connectivity index is 2.01. The van der Waals surface area contributed by atoms with Crippen LogP contribution in [0.2, 0.25) is 0 Å². The lowest BCUT2D eigenvalue weighted by molar-refractivity contribution is 0.254. The Labute approximate surface area is 103 Å². The van der Waals surface area contributed by atoms with Gasteiger partial charge in [0.1, 0.15) is 5.75 Å². The van der Waals surface area contributed by atoms with E-state index in [4.69, 9.17) is 0 Å². The van der Waals surface area contributed by atoms with Crippen LogP contribution in [0.1, 0.15) is 19.4 Å². The lowest BCUT2D eigenvalue weighted by Gasteiger charge is -2.30. The number of hydrogen-bond acceptors (Lipinski definition) is 3. The van der Waals surface area contributed by atoms with E-state index in [0.29, 0.717) is 11.7 Å². The van der Waals surface area contributed by atoms with E-state index in [1.807, 2.05) is 12.1 Å². The fraction of sp³-hybridized carbons (Fsp3) is 0.571. The summed E-state index contributed by atoms with van der Waals surface area (Å²) >= 11 is 0. The van der Waals surface area contributed by atoms with E-state index < -0.39 is 0 Å². The third-order valence-electron chi connectivity index (χ3n) is 3.59. The van der Waals surface area contributed by atoms with E-state index in [-0.39, 0.29) is 0 Å². The zero-order valence-electron chi connectivity index (χ0n) is 10.7. The normalized spacial score (nSPS) is 18.9. The van der Waals surface area contributed by atoms with Crippen molar-refractivity contribution in [2.75, 3.05) is 31.5 Å². The monoisotopic (exact) mass is 234 g/mol. The van der Waals surface area contributed by atoms with Gasteiger partial charge < -0.3 is 15.3 Å². The quantitative estimate of drug-likeness (QED) is 0.839. The third kappa shape index (κ3) is 2.91. The molecular weight excluding hydrogens is 212 g/mol. The molecule has 0 aliphatic carbocycles. The van der Waals surface area contributed by atoms with Crippen molar-refractivity contribution in [1.82, 2.24) is 4.90 Å². The molecule has 0 fully saturated rings. The first kappa shape index (κ1) is 12.2. The molecule has 0 radical (unpaired) electrons. The highest BCUT2D eigenvalue weighted by atomic mass is 16.3. The number of nitrogens with one attached hydrogen (secondary N) is 1. The summed E-state index contributed by atoms with van der Waals surface area (Å²) in [5, 5.41) is 12.8. The average Bonchev–Trinajstić information content (AvgIpc) is 2.36. The number of phenols is 1. The van der Waals surface area contributed by atoms with Crippen LogP contribution in [0.3, 0.4) is 0 Å². The molecule has 1 heterocycles. The lowest BCUT2D eigenvalue weighted by atomic mass is 9.93. The number of nitrogens with zero attached hydrogens (tertiary/aromatic N) is 1. The second kappa shape index (κ2) is 5.41. The van der Waals surface area contributed by atoms with Crippen LogP contribution in [-0.4, -0.2) is 36.2 Å². The Hall–Kier alpha value is -1.22. The van der Waals surface area contributed by atoms with Gasteiger partial charge in [0.05, 0.1) is 0 Å². The summed E-state index contributed by atoms with van der Waals surface area (Å²) in [6.07, 6.45) is 1.11. The molecule has 1 aliphatic heterocycles. The molecule has 3 nitrogen and oxygen atoms in total. The van der Waals surface area contributed by atoms with Crippen LogP contribution in [0.5, 0.6) is 5.75 Å². The second-order valence-corrected chi connectivity index (χ2v) is 4.78. The van der Waals surface area contributed by atoms with Crippen LogP contribution in [-0.2, 0) is 6.42 Å². The molecule has 0 bridgehead atoms. The first-order valence-corrected chi connectivity index (χ1v) is 6.51. The summed E-state index contributed by atoms with van der Waals surface area (Å²) in [5.41, 5.74) is 2.42. The van der Waals surface area contributed by atoms with Crippen molar-refractivity contribution >= 4 is 5.69 Å². The van der Waals surface area contributed by atoms with Crippen LogP contribution >= 0.6 is 0 Å². The maximum Gasteiger partial charge on any atom is 0.117 e. The minimum Gasteiger partial charge on any atom is -0.508 e. The van der Waals surface area contributed by atoms with Gasteiger partial charge in [0, 0.05) is 24.8 Å². The van der Waals surface area contributed by atoms with E-state index >= 15 is 0 Å². The molecule has 0 spiro atoms. The highest BCUT2D eigenvalue weighted by Gasteiger charge is 2.19. The van der Waals surface area contributed by atoms with Gasteiger partial charge in [-0.05, 0) is 37.1 Å². The highest BCUT2D eigenvalue weighted by molar-refractivity contribution is 5.56. The molecular formula is C14H22N2O. The lowest BCUT2D eigenvalue weighted by Crippen LogP contribution is -2.35. The summed E-state index contributed by atoms with van der Waals surface area (Å²) in [5.74, 6) is 1.02. The zero-order chi connectivity index (χ0) is 12.3. The minimum atomic E-state index is 0.346. The number of benzene rings is 1. The number of rotatable bonds is 4. The minimum absolute atomic E-state index is 0.346. The molecule has 1 aliphatic rings. The van der Waals surface area contributed by atoms with Crippen LogP contribution in [0, 0.1) is 5.92 Å². The number of aromatic hydroxyl groups is 1. The van der Waals surface area contributed by atoms with Crippen molar-refractivity contribution in [2.45, 2.75) is 20.3 Å². The fourth-order valence-corrected chi connectivity index (χ4v) is 2.52. The summed E-state index contributed by atoms with van der Waals surface area (Å²) in [6, 6.07) is 5.63. The van der Waals surface area contributed by atoms with Crippen molar-refractivity contribution in [1.29, 1.82) is 0 Å². The van der Waals surface area contributed by atoms with Gasteiger partial charge in [-0.25, -0.2) is 0 Å². The molecule has 0 aromatic heterocycles. The largest absolute Gasteiger partial charge is 0.508 e. The van der Waals surface area contributed by atoms with Crippen molar-refractivity contribution in [3.8, 4) is 5.75 Å². The molecule has 2 N–H and O–H groups in total. The third-order valence-corrected chi connectivity index (χ3v) is 3.59. The van der Waals surface area contributed by atoms with Gasteiger partial charge in [-0.2, -0.15) is 0 Å². The fourth-order valence-electron chi connectivity index (χ4n) is 2.52. The van der Waals surface area contributed by atoms with Crippen molar-refractivity contribution in [3.63, 3.8) is 0 Å². The zero-order valence-corrected chi connectivity index (χ0v) is 10.7. The summed E-state index contributed by atoms with van der Waals surface area (Å²) in [6.45, 7) is 8.83. The Morgan fingerprint density at radius 1 is 1.35 bits per heavy atom. The van der Waals surface area contributed by atoms with E-state index in [0.717, 1.165) is 38.3 Å². The maximum absolute atomic E-state index is 9.43. The Morgan fingerprint density at radius 3 is 2.82 bits per heavy atom. The average molecular weight is 234 g/mol. The molecule has 0 amide bonds. The second-order valence-electron chi connectivity index (χ2n) is 4.78. The number of fused-ring (bicyclic) bond motifs is 1. The van der Waals surface area contributed by atoms with E-state index in [2.05, 4.69) is 24.1 Å². The van der Waals surface area contributed by atoms with Gasteiger partial charge in [-0.1, -0.05) is 19.9 Å². The van der Waals surface area contributed by atoms with E-state index in [1.54, 1.807) is 6.07 Å². The molecule has 94 valence electrons. The van der Waals surface area contributed by atoms with E-state index in [1.165, 1.54) is 5.56 Å². The standard InChI is InChI=1S/C14H22N2O/c1-3-16(4-2)10-11-7-12-5-6-13(17)8-14(12)15-9-11/h5-6,8,11,15,17H,3-4,7,9-10H2,1-2H3. The first-order valence-electron chi connectivity index (χ1n) is 6.51. The number of anilines is 1. The molecule has 2 rings (SSSR count). The summed E-state index contributed by atoms with van der Waals surface area (Å²) in [7, 11) is 0. The number of phenolic OH excluding ortho intramolecular Hbond substituents is 1. The molecule has 1 aromatic carbocycles. The number of hydrogen-bond donors (Lipinski definition) is 2. The molecule has 1 aromatic rings. The van der Waals surface area contributed by atoms with E-state index in [9.17, 15) is 5.11 Å². The van der Waals surface area contributed by atoms with Gasteiger partial charge in [0.15, 0.2) is 0 Å². The smallest absolute Gasteiger partial charge is 0.117 e. The van der Waals surface area contributed by atoms with Gasteiger partial charge >= 0.3 is 0 Å². The predicted molar refractivity (Wildman–Crippen MR) is 71.6 cm³/mol. The molecule has 17 heavy (non-hydrogen) atoms. The Kier molecular flexibility index (Phi) is 3.89. The van der Waals surface area contributed by atoms with Gasteiger partial charge in [-0.15, -0.1) is 0 Å². The van der Waals surface area contributed by atoms with Crippen molar-refractivity contribution in [3.05, 3.63) is 23.8 Å². The molecule has 0 saturated heterocycles. The molecule has 1 atom stereocenters. The molecule has 3 heteroatoms. The first-order chi connectivity index (χ1) is 8.22. The molecule has 0 saturated carbocycles. The Morgan fingerprint density at radius 2 is 2.12 bits per heavy atom. The van der Waals surface area contributed by atoms with Crippen LogP contribution in [0.4, 0.5) is 5.69 Å². The van der Waals surface area contributed by atoms with Crippen molar-refractivity contribution in [2.24, 2.45) is 5.92 Å². The Bertz CT molecular complexity index is 374. The highest BCUT2D eigenvalue weighted by Crippen LogP contribution is 2.28. The molecule has 1 unspecified atom stereocenters. The van der Waals surface area contributed by atoms with Gasteiger partial charge in [-0.3, -0.25) is 0 Å². The van der Waals surface area contributed by atoms with Gasteiger partial charge in [0.25, 0.3) is 0 Å². The van der Waals surface area contributed by atoms with Gasteiger partial charge in [0.2, 0.25) is 0 Å². The van der Waals surface area contributed by atoms with Crippen molar-refractivity contribution < 1.29 is 5.11 Å². The maximum atomic E-state index is 9.43.